The number of benzene rings is 2. The van der Waals surface area contributed by atoms with Crippen LogP contribution in [0.5, 0.6) is 0 Å². The fraction of sp³-hybridized carbons (Fsp3) is 0.174. The Morgan fingerprint density at radius 1 is 0.714 bits per heavy atom. The highest BCUT2D eigenvalue weighted by Crippen LogP contribution is 2.07. The molecule has 0 aliphatic rings. The summed E-state index contributed by atoms with van der Waals surface area (Å²) in [5, 5.41) is 5.71. The number of nitrogens with zero attached hydrogens (tertiary/aromatic N) is 1. The number of carbonyl (C=O) groups excluding carboxylic acids is 2. The van der Waals surface area contributed by atoms with Crippen LogP contribution in [0.1, 0.15) is 43.0 Å². The summed E-state index contributed by atoms with van der Waals surface area (Å²) in [6.07, 6.45) is 2.92. The minimum absolute atomic E-state index is 0.263. The summed E-state index contributed by atoms with van der Waals surface area (Å²) in [7, 11) is 0. The van der Waals surface area contributed by atoms with E-state index in [0.717, 1.165) is 11.1 Å². The molecule has 1 heterocycles. The first-order chi connectivity index (χ1) is 13.5. The molecule has 5 heteroatoms. The first-order valence-corrected chi connectivity index (χ1v) is 9.14. The molecule has 28 heavy (non-hydrogen) atoms. The van der Waals surface area contributed by atoms with E-state index in [2.05, 4.69) is 15.6 Å². The second-order valence-electron chi connectivity index (χ2n) is 6.80. The van der Waals surface area contributed by atoms with Crippen LogP contribution in [-0.2, 0) is 13.1 Å². The van der Waals surface area contributed by atoms with Gasteiger partial charge in [0.05, 0.1) is 11.1 Å². The minimum atomic E-state index is -0.263. The van der Waals surface area contributed by atoms with E-state index < -0.39 is 0 Å². The lowest BCUT2D eigenvalue weighted by atomic mass is 10.1. The van der Waals surface area contributed by atoms with Gasteiger partial charge in [0, 0.05) is 25.5 Å². The molecule has 0 unspecified atom stereocenters. The lowest BCUT2D eigenvalue weighted by Gasteiger charge is -2.08. The Balaban J connectivity index is 1.58. The van der Waals surface area contributed by atoms with Gasteiger partial charge in [-0.25, -0.2) is 0 Å². The predicted octanol–water partition coefficient (Wildman–Crippen LogP) is 3.56. The van der Waals surface area contributed by atoms with Crippen molar-refractivity contribution >= 4 is 11.8 Å². The van der Waals surface area contributed by atoms with Crippen molar-refractivity contribution in [1.82, 2.24) is 15.6 Å². The number of hydrogen-bond acceptors (Lipinski definition) is 3. The molecule has 3 aromatic rings. The van der Waals surface area contributed by atoms with Crippen LogP contribution in [0.4, 0.5) is 0 Å². The summed E-state index contributed by atoms with van der Waals surface area (Å²) in [6.45, 7) is 4.87. The van der Waals surface area contributed by atoms with Crippen LogP contribution in [0.15, 0.2) is 67.0 Å². The Hall–Kier alpha value is -3.47. The van der Waals surface area contributed by atoms with Gasteiger partial charge in [-0.05, 0) is 31.0 Å². The summed E-state index contributed by atoms with van der Waals surface area (Å²) in [4.78, 5) is 28.8. The zero-order valence-electron chi connectivity index (χ0n) is 16.0. The molecule has 0 aliphatic carbocycles. The van der Waals surface area contributed by atoms with Crippen molar-refractivity contribution in [3.8, 4) is 0 Å². The third-order valence-corrected chi connectivity index (χ3v) is 4.41. The van der Waals surface area contributed by atoms with Crippen molar-refractivity contribution in [1.29, 1.82) is 0 Å². The zero-order chi connectivity index (χ0) is 19.9. The van der Waals surface area contributed by atoms with Gasteiger partial charge in [0.1, 0.15) is 0 Å². The second kappa shape index (κ2) is 8.95. The summed E-state index contributed by atoms with van der Waals surface area (Å²) >= 11 is 0. The fourth-order valence-electron chi connectivity index (χ4n) is 2.67. The largest absolute Gasteiger partial charge is 0.348 e. The Bertz CT molecular complexity index is 887. The highest BCUT2D eigenvalue weighted by atomic mass is 16.2. The molecule has 3 rings (SSSR count). The van der Waals surface area contributed by atoms with Crippen LogP contribution in [0.25, 0.3) is 0 Å². The van der Waals surface area contributed by atoms with Crippen LogP contribution in [0, 0.1) is 13.8 Å². The van der Waals surface area contributed by atoms with Crippen LogP contribution < -0.4 is 10.6 Å². The summed E-state index contributed by atoms with van der Waals surface area (Å²) < 4.78 is 0. The number of pyridine rings is 1. The van der Waals surface area contributed by atoms with E-state index >= 15 is 0 Å². The second-order valence-corrected chi connectivity index (χ2v) is 6.80. The Morgan fingerprint density at radius 2 is 1.11 bits per heavy atom. The molecule has 2 aromatic carbocycles. The standard InChI is InChI=1S/C23H23N3O2/c1-16-3-7-18(8-4-16)12-25-22(27)20-11-21(15-24-14-20)23(28)26-13-19-9-5-17(2)6-10-19/h3-11,14-15H,12-13H2,1-2H3,(H,25,27)(H,26,28). The van der Waals surface area contributed by atoms with Crippen molar-refractivity contribution in [2.45, 2.75) is 26.9 Å². The fourth-order valence-corrected chi connectivity index (χ4v) is 2.67. The van der Waals surface area contributed by atoms with Crippen LogP contribution in [0.3, 0.4) is 0 Å². The quantitative estimate of drug-likeness (QED) is 0.694. The smallest absolute Gasteiger partial charge is 0.253 e. The van der Waals surface area contributed by atoms with Gasteiger partial charge in [0.15, 0.2) is 0 Å². The summed E-state index contributed by atoms with van der Waals surface area (Å²) in [5.41, 5.74) is 5.08. The van der Waals surface area contributed by atoms with Gasteiger partial charge >= 0.3 is 0 Å². The SMILES string of the molecule is Cc1ccc(CNC(=O)c2cncc(C(=O)NCc3ccc(C)cc3)c2)cc1. The molecular weight excluding hydrogens is 350 g/mol. The molecule has 0 saturated carbocycles. The molecule has 2 amide bonds. The number of hydrogen-bond donors (Lipinski definition) is 2. The van der Waals surface area contributed by atoms with E-state index in [1.54, 1.807) is 6.07 Å². The summed E-state index contributed by atoms with van der Waals surface area (Å²) in [6, 6.07) is 17.5. The molecular formula is C23H23N3O2. The topological polar surface area (TPSA) is 71.1 Å². The van der Waals surface area contributed by atoms with Crippen molar-refractivity contribution in [2.75, 3.05) is 0 Å². The summed E-state index contributed by atoms with van der Waals surface area (Å²) in [5.74, 6) is -0.525. The first-order valence-electron chi connectivity index (χ1n) is 9.14. The molecule has 0 radical (unpaired) electrons. The number of rotatable bonds is 6. The first kappa shape index (κ1) is 19.3. The maximum Gasteiger partial charge on any atom is 0.253 e. The maximum atomic E-state index is 12.4. The molecule has 0 saturated heterocycles. The van der Waals surface area contributed by atoms with Crippen molar-refractivity contribution in [2.24, 2.45) is 0 Å². The number of aromatic nitrogens is 1. The van der Waals surface area contributed by atoms with Gasteiger partial charge in [-0.3, -0.25) is 14.6 Å². The zero-order valence-corrected chi connectivity index (χ0v) is 16.0. The Labute approximate surface area is 164 Å². The van der Waals surface area contributed by atoms with Gasteiger partial charge in [-0.1, -0.05) is 59.7 Å². The van der Waals surface area contributed by atoms with E-state index in [1.807, 2.05) is 62.4 Å². The van der Waals surface area contributed by atoms with E-state index in [1.165, 1.54) is 23.5 Å². The monoisotopic (exact) mass is 373 g/mol. The highest BCUT2D eigenvalue weighted by Gasteiger charge is 2.11. The minimum Gasteiger partial charge on any atom is -0.348 e. The molecule has 5 nitrogen and oxygen atoms in total. The van der Waals surface area contributed by atoms with Crippen molar-refractivity contribution < 1.29 is 9.59 Å². The van der Waals surface area contributed by atoms with E-state index in [9.17, 15) is 9.59 Å². The molecule has 142 valence electrons. The number of aryl methyl sites for hydroxylation is 2. The molecule has 0 bridgehead atoms. The average molecular weight is 373 g/mol. The number of nitrogens with one attached hydrogen (secondary N) is 2. The van der Waals surface area contributed by atoms with Gasteiger partial charge in [0.25, 0.3) is 11.8 Å². The maximum absolute atomic E-state index is 12.4. The highest BCUT2D eigenvalue weighted by molar-refractivity contribution is 5.99. The molecule has 0 aliphatic heterocycles. The average Bonchev–Trinajstić information content (AvgIpc) is 2.72. The van der Waals surface area contributed by atoms with Crippen LogP contribution in [-0.4, -0.2) is 16.8 Å². The molecule has 2 N–H and O–H groups in total. The lowest BCUT2D eigenvalue weighted by molar-refractivity contribution is 0.0950. The van der Waals surface area contributed by atoms with Crippen LogP contribution in [0.2, 0.25) is 0 Å². The van der Waals surface area contributed by atoms with E-state index in [0.29, 0.717) is 24.2 Å². The number of amides is 2. The Kier molecular flexibility index (Phi) is 6.17. The van der Waals surface area contributed by atoms with Gasteiger partial charge < -0.3 is 10.6 Å². The van der Waals surface area contributed by atoms with Gasteiger partial charge in [-0.15, -0.1) is 0 Å². The molecule has 0 fully saturated rings. The third-order valence-electron chi connectivity index (χ3n) is 4.41. The van der Waals surface area contributed by atoms with E-state index in [-0.39, 0.29) is 11.8 Å². The predicted molar refractivity (Wildman–Crippen MR) is 109 cm³/mol. The molecule has 0 spiro atoms. The van der Waals surface area contributed by atoms with Gasteiger partial charge in [-0.2, -0.15) is 0 Å². The lowest BCUT2D eigenvalue weighted by Crippen LogP contribution is -2.25. The third kappa shape index (κ3) is 5.27. The van der Waals surface area contributed by atoms with Gasteiger partial charge in [0.2, 0.25) is 0 Å². The number of carbonyl (C=O) groups is 2. The van der Waals surface area contributed by atoms with Crippen molar-refractivity contribution in [3.05, 3.63) is 100 Å². The van der Waals surface area contributed by atoms with E-state index in [4.69, 9.17) is 0 Å². The Morgan fingerprint density at radius 3 is 1.50 bits per heavy atom. The van der Waals surface area contributed by atoms with Crippen LogP contribution >= 0.6 is 0 Å². The molecule has 1 aromatic heterocycles. The normalized spacial score (nSPS) is 10.4. The van der Waals surface area contributed by atoms with Crippen molar-refractivity contribution in [3.63, 3.8) is 0 Å². The molecule has 0 atom stereocenters.